The Morgan fingerprint density at radius 3 is 2.88 bits per heavy atom. The van der Waals surface area contributed by atoms with Crippen molar-refractivity contribution in [2.24, 2.45) is 0 Å². The maximum Gasteiger partial charge on any atom is 0.266 e. The van der Waals surface area contributed by atoms with Gasteiger partial charge in [-0.05, 0) is 23.9 Å². The number of sulfone groups is 1. The van der Waals surface area contributed by atoms with Crippen LogP contribution in [0.15, 0.2) is 22.4 Å². The summed E-state index contributed by atoms with van der Waals surface area (Å²) >= 11 is 8.04. The predicted octanol–water partition coefficient (Wildman–Crippen LogP) is 1.98. The fourth-order valence-corrected chi connectivity index (χ4v) is 6.67. The minimum absolute atomic E-state index is 0.0137. The molecule has 10 heteroatoms. The van der Waals surface area contributed by atoms with Crippen molar-refractivity contribution in [2.75, 3.05) is 25.1 Å². The van der Waals surface area contributed by atoms with Crippen LogP contribution in [-0.2, 0) is 19.4 Å². The van der Waals surface area contributed by atoms with Crippen molar-refractivity contribution in [2.45, 2.75) is 18.9 Å². The number of carbonyl (C=O) groups excluding carboxylic acids is 2. The highest BCUT2D eigenvalue weighted by Gasteiger charge is 2.35. The molecule has 1 aromatic heterocycles. The van der Waals surface area contributed by atoms with E-state index < -0.39 is 9.84 Å². The van der Waals surface area contributed by atoms with Gasteiger partial charge < -0.3 is 4.90 Å². The maximum atomic E-state index is 12.5. The van der Waals surface area contributed by atoms with E-state index in [1.54, 1.807) is 13.1 Å². The molecular formula is C16H18N2O4S4. The van der Waals surface area contributed by atoms with E-state index in [0.29, 0.717) is 15.6 Å². The van der Waals surface area contributed by atoms with Gasteiger partial charge in [0.2, 0.25) is 5.91 Å². The molecule has 0 saturated carbocycles. The van der Waals surface area contributed by atoms with Crippen molar-refractivity contribution >= 4 is 67.4 Å². The summed E-state index contributed by atoms with van der Waals surface area (Å²) in [4.78, 5) is 29.4. The van der Waals surface area contributed by atoms with Crippen LogP contribution in [0.1, 0.15) is 17.7 Å². The molecule has 2 fully saturated rings. The Bertz CT molecular complexity index is 861. The van der Waals surface area contributed by atoms with E-state index in [1.807, 2.05) is 17.5 Å². The highest BCUT2D eigenvalue weighted by Crippen LogP contribution is 2.33. The first-order valence-corrected chi connectivity index (χ1v) is 11.9. The SMILES string of the molecule is CN(C(=O)CCN1C(=O)/C(=C\c2cccs2)SC1=S)C1CCS(=O)(=O)C1. The summed E-state index contributed by atoms with van der Waals surface area (Å²) in [5, 5.41) is 1.93. The molecule has 2 aliphatic rings. The molecule has 1 atom stereocenters. The Morgan fingerprint density at radius 1 is 1.50 bits per heavy atom. The van der Waals surface area contributed by atoms with Crippen molar-refractivity contribution in [1.82, 2.24) is 9.80 Å². The van der Waals surface area contributed by atoms with Crippen LogP contribution in [0, 0.1) is 0 Å². The number of hydrogen-bond acceptors (Lipinski definition) is 7. The molecule has 1 aromatic rings. The molecule has 3 heterocycles. The minimum Gasteiger partial charge on any atom is -0.342 e. The van der Waals surface area contributed by atoms with Gasteiger partial charge in [0.05, 0.1) is 16.4 Å². The third kappa shape index (κ3) is 4.36. The molecule has 6 nitrogen and oxygen atoms in total. The van der Waals surface area contributed by atoms with Crippen molar-refractivity contribution in [3.8, 4) is 0 Å². The quantitative estimate of drug-likeness (QED) is 0.525. The van der Waals surface area contributed by atoms with Gasteiger partial charge in [-0.25, -0.2) is 8.42 Å². The largest absolute Gasteiger partial charge is 0.342 e. The number of nitrogens with zero attached hydrogens (tertiary/aromatic N) is 2. The van der Waals surface area contributed by atoms with Crippen molar-refractivity contribution in [3.05, 3.63) is 27.3 Å². The molecular weight excluding hydrogens is 412 g/mol. The summed E-state index contributed by atoms with van der Waals surface area (Å²) < 4.78 is 23.6. The number of hydrogen-bond donors (Lipinski definition) is 0. The van der Waals surface area contributed by atoms with Gasteiger partial charge in [0.1, 0.15) is 4.32 Å². The number of amides is 2. The maximum absolute atomic E-state index is 12.5. The number of thiophene rings is 1. The van der Waals surface area contributed by atoms with Gasteiger partial charge in [-0.2, -0.15) is 0 Å². The number of rotatable bonds is 5. The molecule has 0 aliphatic carbocycles. The van der Waals surface area contributed by atoms with E-state index in [4.69, 9.17) is 12.2 Å². The summed E-state index contributed by atoms with van der Waals surface area (Å²) in [5.74, 6) is -0.229. The van der Waals surface area contributed by atoms with Crippen LogP contribution in [0.5, 0.6) is 0 Å². The first kappa shape index (κ1) is 19.5. The summed E-state index contributed by atoms with van der Waals surface area (Å²) in [7, 11) is -1.42. The van der Waals surface area contributed by atoms with E-state index >= 15 is 0 Å². The first-order valence-electron chi connectivity index (χ1n) is 8.02. The average molecular weight is 431 g/mol. The van der Waals surface area contributed by atoms with Crippen LogP contribution < -0.4 is 0 Å². The molecule has 2 amide bonds. The third-order valence-electron chi connectivity index (χ3n) is 4.39. The molecule has 1 unspecified atom stereocenters. The second-order valence-electron chi connectivity index (χ2n) is 6.16. The summed E-state index contributed by atoms with van der Waals surface area (Å²) in [6.45, 7) is 0.203. The van der Waals surface area contributed by atoms with Gasteiger partial charge in [-0.15, -0.1) is 11.3 Å². The zero-order valence-electron chi connectivity index (χ0n) is 14.1. The van der Waals surface area contributed by atoms with Gasteiger partial charge in [0, 0.05) is 30.9 Å². The van der Waals surface area contributed by atoms with Crippen LogP contribution in [0.4, 0.5) is 0 Å². The zero-order valence-corrected chi connectivity index (χ0v) is 17.3. The summed E-state index contributed by atoms with van der Waals surface area (Å²) in [6.07, 6.45) is 2.39. The fourth-order valence-electron chi connectivity index (χ4n) is 2.86. The Morgan fingerprint density at radius 2 is 2.27 bits per heavy atom. The average Bonchev–Trinajstić information content (AvgIpc) is 3.27. The van der Waals surface area contributed by atoms with Crippen LogP contribution in [0.25, 0.3) is 6.08 Å². The highest BCUT2D eigenvalue weighted by molar-refractivity contribution is 8.26. The Labute approximate surface area is 166 Å². The lowest BCUT2D eigenvalue weighted by atomic mass is 10.2. The molecule has 0 N–H and O–H groups in total. The van der Waals surface area contributed by atoms with Gasteiger partial charge in [-0.3, -0.25) is 14.5 Å². The molecule has 26 heavy (non-hydrogen) atoms. The fraction of sp³-hybridized carbons (Fsp3) is 0.438. The number of thioether (sulfide) groups is 1. The van der Waals surface area contributed by atoms with E-state index in [-0.39, 0.29) is 42.3 Å². The second-order valence-corrected chi connectivity index (χ2v) is 11.0. The number of thiocarbonyl (C=S) groups is 1. The molecule has 3 rings (SSSR count). The monoisotopic (exact) mass is 430 g/mol. The van der Waals surface area contributed by atoms with E-state index in [2.05, 4.69) is 0 Å². The highest BCUT2D eigenvalue weighted by atomic mass is 32.2. The second kappa shape index (κ2) is 7.79. The molecule has 0 radical (unpaired) electrons. The van der Waals surface area contributed by atoms with Crippen molar-refractivity contribution in [1.29, 1.82) is 0 Å². The standard InChI is InChI=1S/C16H18N2O4S4/c1-17(11-5-8-26(21,22)10-11)14(19)4-6-18-15(20)13(25-16(18)23)9-12-3-2-7-24-12/h2-3,7,9,11H,4-6,8,10H2,1H3/b13-9+. The van der Waals surface area contributed by atoms with E-state index in [0.717, 1.165) is 4.88 Å². The molecule has 2 saturated heterocycles. The lowest BCUT2D eigenvalue weighted by Crippen LogP contribution is -2.40. The normalized spacial score (nSPS) is 23.8. The van der Waals surface area contributed by atoms with Crippen molar-refractivity contribution in [3.63, 3.8) is 0 Å². The predicted molar refractivity (Wildman–Crippen MR) is 109 cm³/mol. The Balaban J connectivity index is 1.58. The molecule has 140 valence electrons. The van der Waals surface area contributed by atoms with Gasteiger partial charge in [0.15, 0.2) is 9.84 Å². The van der Waals surface area contributed by atoms with Gasteiger partial charge in [0.25, 0.3) is 5.91 Å². The topological polar surface area (TPSA) is 74.8 Å². The lowest BCUT2D eigenvalue weighted by Gasteiger charge is -2.24. The van der Waals surface area contributed by atoms with Crippen molar-refractivity contribution < 1.29 is 18.0 Å². The zero-order chi connectivity index (χ0) is 18.9. The van der Waals surface area contributed by atoms with E-state index in [9.17, 15) is 18.0 Å². The molecule has 0 bridgehead atoms. The van der Waals surface area contributed by atoms with Gasteiger partial charge in [-0.1, -0.05) is 30.0 Å². The van der Waals surface area contributed by atoms with Crippen LogP contribution in [-0.4, -0.2) is 65.5 Å². The molecule has 0 aromatic carbocycles. The lowest BCUT2D eigenvalue weighted by molar-refractivity contribution is -0.132. The number of carbonyl (C=O) groups is 2. The Kier molecular flexibility index (Phi) is 5.85. The van der Waals surface area contributed by atoms with Crippen LogP contribution in [0.2, 0.25) is 0 Å². The first-order chi connectivity index (χ1) is 12.3. The Hall–Kier alpha value is -1.23. The summed E-state index contributed by atoms with van der Waals surface area (Å²) in [6, 6.07) is 3.55. The van der Waals surface area contributed by atoms with Gasteiger partial charge >= 0.3 is 0 Å². The summed E-state index contributed by atoms with van der Waals surface area (Å²) in [5.41, 5.74) is 0. The molecule has 2 aliphatic heterocycles. The van der Waals surface area contributed by atoms with E-state index in [1.165, 1.54) is 32.9 Å². The van der Waals surface area contributed by atoms with Crippen LogP contribution >= 0.6 is 35.3 Å². The smallest absolute Gasteiger partial charge is 0.266 e. The molecule has 0 spiro atoms. The minimum atomic E-state index is -3.04. The third-order valence-corrected chi connectivity index (χ3v) is 8.34. The van der Waals surface area contributed by atoms with Crippen LogP contribution in [0.3, 0.4) is 0 Å².